The first-order chi connectivity index (χ1) is 14.9. The summed E-state index contributed by atoms with van der Waals surface area (Å²) in [6, 6.07) is 4.09. The number of nitrogens with zero attached hydrogens (tertiary/aromatic N) is 2. The smallest absolute Gasteiger partial charge is 0.409 e. The molecule has 0 spiro atoms. The Balaban J connectivity index is 1.64. The second-order valence-corrected chi connectivity index (χ2v) is 9.05. The van der Waals surface area contributed by atoms with Crippen LogP contribution in [0.25, 0.3) is 6.08 Å². The standard InChI is InChI=1S/C21H23N3O5S2/c1-24(10-14(26)11-25)21(28)29-15-3-4-16-17(9-22)20(31-18(16)8-15)23-19(27)5-2-13-6-7-30-12-13/h2,5-7,12,14-15,25-26H,3-4,8,10-11H2,1H3,(H,23,27)/b5-2+. The van der Waals surface area contributed by atoms with E-state index in [9.17, 15) is 20.0 Å². The van der Waals surface area contributed by atoms with Gasteiger partial charge >= 0.3 is 6.09 Å². The molecule has 3 N–H and O–H groups in total. The van der Waals surface area contributed by atoms with Gasteiger partial charge in [-0.3, -0.25) is 4.79 Å². The second kappa shape index (κ2) is 10.5. The van der Waals surface area contributed by atoms with E-state index in [2.05, 4.69) is 11.4 Å². The minimum atomic E-state index is -1.02. The minimum Gasteiger partial charge on any atom is -0.446 e. The summed E-state index contributed by atoms with van der Waals surface area (Å²) in [5, 5.41) is 35.1. The molecule has 0 bridgehead atoms. The summed E-state index contributed by atoms with van der Waals surface area (Å²) >= 11 is 2.87. The van der Waals surface area contributed by atoms with Crippen molar-refractivity contribution in [2.24, 2.45) is 0 Å². The van der Waals surface area contributed by atoms with Crippen molar-refractivity contribution in [3.05, 3.63) is 44.5 Å². The maximum Gasteiger partial charge on any atom is 0.409 e. The number of rotatable bonds is 7. The molecule has 0 saturated heterocycles. The highest BCUT2D eigenvalue weighted by Gasteiger charge is 2.29. The molecule has 1 aliphatic rings. The van der Waals surface area contributed by atoms with E-state index in [-0.39, 0.29) is 18.6 Å². The van der Waals surface area contributed by atoms with Gasteiger partial charge in [-0.1, -0.05) is 0 Å². The SMILES string of the molecule is CN(CC(O)CO)C(=O)OC1CCc2c(sc(NC(=O)/C=C/c3ccsc3)c2C#N)C1. The second-order valence-electron chi connectivity index (χ2n) is 7.16. The van der Waals surface area contributed by atoms with Gasteiger partial charge in [-0.25, -0.2) is 4.79 Å². The van der Waals surface area contributed by atoms with Gasteiger partial charge in [-0.05, 0) is 46.9 Å². The number of anilines is 1. The van der Waals surface area contributed by atoms with Gasteiger partial charge in [0.2, 0.25) is 5.91 Å². The number of aliphatic hydroxyl groups is 2. The average molecular weight is 462 g/mol. The lowest BCUT2D eigenvalue weighted by Gasteiger charge is -2.26. The van der Waals surface area contributed by atoms with Crippen LogP contribution in [0.15, 0.2) is 22.9 Å². The number of nitriles is 1. The van der Waals surface area contributed by atoms with E-state index in [1.54, 1.807) is 17.4 Å². The molecule has 0 aromatic carbocycles. The number of hydrogen-bond donors (Lipinski definition) is 3. The highest BCUT2D eigenvalue weighted by molar-refractivity contribution is 7.16. The van der Waals surface area contributed by atoms with Crippen molar-refractivity contribution in [3.63, 3.8) is 0 Å². The Kier molecular flexibility index (Phi) is 7.81. The Bertz CT molecular complexity index is 994. The van der Waals surface area contributed by atoms with E-state index in [1.165, 1.54) is 29.4 Å². The number of ether oxygens (including phenoxy) is 1. The van der Waals surface area contributed by atoms with Crippen molar-refractivity contribution in [3.8, 4) is 6.07 Å². The molecular weight excluding hydrogens is 438 g/mol. The van der Waals surface area contributed by atoms with E-state index in [1.807, 2.05) is 16.8 Å². The van der Waals surface area contributed by atoms with Gasteiger partial charge in [0, 0.05) is 24.4 Å². The van der Waals surface area contributed by atoms with Crippen LogP contribution in [0.3, 0.4) is 0 Å². The molecule has 31 heavy (non-hydrogen) atoms. The predicted molar refractivity (Wildman–Crippen MR) is 119 cm³/mol. The molecule has 2 aromatic heterocycles. The number of aliphatic hydroxyl groups excluding tert-OH is 2. The van der Waals surface area contributed by atoms with Crippen LogP contribution in [-0.4, -0.2) is 59.5 Å². The molecule has 2 atom stereocenters. The van der Waals surface area contributed by atoms with Crippen molar-refractivity contribution in [1.29, 1.82) is 5.26 Å². The topological polar surface area (TPSA) is 123 Å². The fourth-order valence-corrected chi connectivity index (χ4v) is 5.13. The third kappa shape index (κ3) is 5.92. The van der Waals surface area contributed by atoms with E-state index in [0.29, 0.717) is 29.8 Å². The number of nitrogens with one attached hydrogen (secondary N) is 1. The Morgan fingerprint density at radius 1 is 1.52 bits per heavy atom. The zero-order valence-corrected chi connectivity index (χ0v) is 18.5. The zero-order chi connectivity index (χ0) is 22.4. The normalized spacial score (nSPS) is 16.4. The average Bonchev–Trinajstić information content (AvgIpc) is 3.38. The van der Waals surface area contributed by atoms with Crippen molar-refractivity contribution in [2.45, 2.75) is 31.5 Å². The monoisotopic (exact) mass is 461 g/mol. The molecule has 0 radical (unpaired) electrons. The van der Waals surface area contributed by atoms with Crippen molar-refractivity contribution < 1.29 is 24.5 Å². The molecule has 2 amide bonds. The van der Waals surface area contributed by atoms with Gasteiger partial charge in [0.1, 0.15) is 17.2 Å². The van der Waals surface area contributed by atoms with Crippen molar-refractivity contribution in [1.82, 2.24) is 4.90 Å². The Hall–Kier alpha value is -2.71. The molecule has 0 aliphatic heterocycles. The van der Waals surface area contributed by atoms with Crippen LogP contribution in [0.2, 0.25) is 0 Å². The van der Waals surface area contributed by atoms with E-state index in [4.69, 9.17) is 9.84 Å². The lowest BCUT2D eigenvalue weighted by atomic mass is 9.94. The number of fused-ring (bicyclic) bond motifs is 1. The number of likely N-dealkylation sites (N-methyl/N-ethyl adjacent to an activating group) is 1. The van der Waals surface area contributed by atoms with Gasteiger partial charge in [-0.15, -0.1) is 11.3 Å². The molecule has 10 heteroatoms. The van der Waals surface area contributed by atoms with Gasteiger partial charge in [-0.2, -0.15) is 16.6 Å². The quantitative estimate of drug-likeness (QED) is 0.545. The summed E-state index contributed by atoms with van der Waals surface area (Å²) < 4.78 is 5.52. The van der Waals surface area contributed by atoms with E-state index < -0.39 is 18.8 Å². The van der Waals surface area contributed by atoms with Gasteiger partial charge in [0.25, 0.3) is 0 Å². The van der Waals surface area contributed by atoms with Crippen molar-refractivity contribution in [2.75, 3.05) is 25.5 Å². The summed E-state index contributed by atoms with van der Waals surface area (Å²) in [5.74, 6) is -0.312. The number of carbonyl (C=O) groups is 2. The summed E-state index contributed by atoms with van der Waals surface area (Å²) in [6.45, 7) is -0.465. The van der Waals surface area contributed by atoms with Crippen LogP contribution in [-0.2, 0) is 22.4 Å². The molecule has 3 rings (SSSR count). The number of amides is 2. The molecule has 2 heterocycles. The molecule has 0 saturated carbocycles. The van der Waals surface area contributed by atoms with E-state index >= 15 is 0 Å². The highest BCUT2D eigenvalue weighted by Crippen LogP contribution is 2.38. The predicted octanol–water partition coefficient (Wildman–Crippen LogP) is 2.61. The van der Waals surface area contributed by atoms with Crippen LogP contribution in [0, 0.1) is 11.3 Å². The molecule has 164 valence electrons. The summed E-state index contributed by atoms with van der Waals surface area (Å²) in [5.41, 5.74) is 2.29. The zero-order valence-electron chi connectivity index (χ0n) is 16.9. The fraction of sp³-hybridized carbons (Fsp3) is 0.381. The van der Waals surface area contributed by atoms with Crippen LogP contribution < -0.4 is 5.32 Å². The lowest BCUT2D eigenvalue weighted by molar-refractivity contribution is -0.111. The Labute approximate surface area is 188 Å². The van der Waals surface area contributed by atoms with Gasteiger partial charge in [0.15, 0.2) is 0 Å². The number of thiophene rings is 2. The Morgan fingerprint density at radius 2 is 2.32 bits per heavy atom. The minimum absolute atomic E-state index is 0.0278. The van der Waals surface area contributed by atoms with Crippen molar-refractivity contribution >= 4 is 45.8 Å². The third-order valence-corrected chi connectivity index (χ3v) is 6.68. The molecule has 2 aromatic rings. The number of carbonyl (C=O) groups excluding carboxylic acids is 2. The van der Waals surface area contributed by atoms with Gasteiger partial charge < -0.3 is 25.2 Å². The fourth-order valence-electron chi connectivity index (χ4n) is 3.24. The largest absolute Gasteiger partial charge is 0.446 e. The maximum absolute atomic E-state index is 12.3. The van der Waals surface area contributed by atoms with Crippen LogP contribution in [0.4, 0.5) is 9.80 Å². The molecular formula is C21H23N3O5S2. The first-order valence-electron chi connectivity index (χ1n) is 9.67. The van der Waals surface area contributed by atoms with Crippen LogP contribution >= 0.6 is 22.7 Å². The maximum atomic E-state index is 12.3. The van der Waals surface area contributed by atoms with Gasteiger partial charge in [0.05, 0.1) is 24.8 Å². The molecule has 8 nitrogen and oxygen atoms in total. The van der Waals surface area contributed by atoms with Crippen LogP contribution in [0.1, 0.15) is 28.0 Å². The highest BCUT2D eigenvalue weighted by atomic mass is 32.1. The molecule has 0 fully saturated rings. The molecule has 2 unspecified atom stereocenters. The molecule has 1 aliphatic carbocycles. The third-order valence-electron chi connectivity index (χ3n) is 4.81. The van der Waals surface area contributed by atoms with E-state index in [0.717, 1.165) is 16.0 Å². The first kappa shape index (κ1) is 23.0. The first-order valence-corrected chi connectivity index (χ1v) is 11.4. The Morgan fingerprint density at radius 3 is 3.00 bits per heavy atom. The number of hydrogen-bond acceptors (Lipinski definition) is 8. The summed E-state index contributed by atoms with van der Waals surface area (Å²) in [4.78, 5) is 26.6. The van der Waals surface area contributed by atoms with Crippen LogP contribution in [0.5, 0.6) is 0 Å². The summed E-state index contributed by atoms with van der Waals surface area (Å²) in [7, 11) is 1.49. The summed E-state index contributed by atoms with van der Waals surface area (Å²) in [6.07, 6.45) is 2.77. The lowest BCUT2D eigenvalue weighted by Crippen LogP contribution is -2.38.